The highest BCUT2D eigenvalue weighted by Gasteiger charge is 2.23. The lowest BCUT2D eigenvalue weighted by molar-refractivity contribution is 0.200. The topological polar surface area (TPSA) is 77.7 Å². The Kier molecular flexibility index (Phi) is 4.50. The number of hydrogen-bond donors (Lipinski definition) is 2. The first-order chi connectivity index (χ1) is 12.2. The van der Waals surface area contributed by atoms with Gasteiger partial charge in [0.15, 0.2) is 0 Å². The van der Waals surface area contributed by atoms with Gasteiger partial charge in [-0.25, -0.2) is 4.98 Å². The summed E-state index contributed by atoms with van der Waals surface area (Å²) in [6, 6.07) is 7.99. The smallest absolute Gasteiger partial charge is 0.251 e. The van der Waals surface area contributed by atoms with Gasteiger partial charge in [0.05, 0.1) is 16.3 Å². The van der Waals surface area contributed by atoms with Crippen LogP contribution in [-0.4, -0.2) is 38.2 Å². The van der Waals surface area contributed by atoms with E-state index in [4.69, 9.17) is 0 Å². The molecule has 0 saturated carbocycles. The molecule has 0 aromatic carbocycles. The average Bonchev–Trinajstić information content (AvgIpc) is 3.25. The molecule has 1 fully saturated rings. The lowest BCUT2D eigenvalue weighted by Gasteiger charge is -2.32. The van der Waals surface area contributed by atoms with Crippen molar-refractivity contribution in [2.24, 2.45) is 0 Å². The van der Waals surface area contributed by atoms with Crippen LogP contribution in [0, 0.1) is 6.92 Å². The fourth-order valence-electron chi connectivity index (χ4n) is 3.47. The molecule has 0 aliphatic carbocycles. The second-order valence-electron chi connectivity index (χ2n) is 6.57. The van der Waals surface area contributed by atoms with E-state index >= 15 is 0 Å². The zero-order chi connectivity index (χ0) is 17.2. The summed E-state index contributed by atoms with van der Waals surface area (Å²) in [5, 5.41) is 7.03. The van der Waals surface area contributed by atoms with Gasteiger partial charge in [0.25, 0.3) is 5.56 Å². The van der Waals surface area contributed by atoms with E-state index < -0.39 is 0 Å². The van der Waals surface area contributed by atoms with Gasteiger partial charge in [0, 0.05) is 36.1 Å². The molecule has 0 amide bonds. The van der Waals surface area contributed by atoms with E-state index in [2.05, 4.69) is 37.2 Å². The molecule has 2 N–H and O–H groups in total. The summed E-state index contributed by atoms with van der Waals surface area (Å²) in [6.45, 7) is 4.83. The highest BCUT2D eigenvalue weighted by Crippen LogP contribution is 2.30. The van der Waals surface area contributed by atoms with Crippen molar-refractivity contribution in [3.8, 4) is 10.6 Å². The van der Waals surface area contributed by atoms with E-state index in [0.717, 1.165) is 43.9 Å². The van der Waals surface area contributed by atoms with Gasteiger partial charge in [-0.05, 0) is 44.5 Å². The van der Waals surface area contributed by atoms with E-state index in [0.29, 0.717) is 11.7 Å². The summed E-state index contributed by atoms with van der Waals surface area (Å²) in [5.74, 6) is 1.03. The summed E-state index contributed by atoms with van der Waals surface area (Å²) in [5.41, 5.74) is 1.94. The van der Waals surface area contributed by atoms with Crippen molar-refractivity contribution in [3.05, 3.63) is 57.2 Å². The van der Waals surface area contributed by atoms with Crippen LogP contribution in [0.25, 0.3) is 10.6 Å². The van der Waals surface area contributed by atoms with Crippen molar-refractivity contribution in [1.29, 1.82) is 0 Å². The predicted octanol–water partition coefficient (Wildman–Crippen LogP) is 2.91. The number of piperidine rings is 1. The number of nitrogens with zero attached hydrogens (tertiary/aromatic N) is 3. The van der Waals surface area contributed by atoms with Crippen LogP contribution in [0.3, 0.4) is 0 Å². The Morgan fingerprint density at radius 1 is 1.36 bits per heavy atom. The van der Waals surface area contributed by atoms with Crippen LogP contribution in [0.2, 0.25) is 0 Å². The number of rotatable bonds is 4. The average molecular weight is 355 g/mol. The number of aryl methyl sites for hydroxylation is 1. The van der Waals surface area contributed by atoms with E-state index in [-0.39, 0.29) is 5.56 Å². The molecule has 3 aromatic heterocycles. The normalized spacial score (nSPS) is 18.5. The Morgan fingerprint density at radius 3 is 3.08 bits per heavy atom. The van der Waals surface area contributed by atoms with Crippen molar-refractivity contribution in [2.45, 2.75) is 32.2 Å². The molecule has 4 heterocycles. The van der Waals surface area contributed by atoms with Gasteiger partial charge in [0.1, 0.15) is 5.82 Å². The fourth-order valence-corrected chi connectivity index (χ4v) is 4.50. The Balaban J connectivity index is 1.45. The first-order valence-corrected chi connectivity index (χ1v) is 9.38. The Bertz CT molecular complexity index is 898. The molecule has 0 unspecified atom stereocenters. The third-order valence-corrected chi connectivity index (χ3v) is 5.71. The van der Waals surface area contributed by atoms with Crippen molar-refractivity contribution < 1.29 is 0 Å². The summed E-state index contributed by atoms with van der Waals surface area (Å²) in [6.07, 6.45) is 4.01. The van der Waals surface area contributed by atoms with Crippen LogP contribution >= 0.6 is 11.3 Å². The van der Waals surface area contributed by atoms with E-state index in [1.807, 2.05) is 13.0 Å². The quantitative estimate of drug-likeness (QED) is 0.754. The molecular formula is C18H21N5OS. The minimum atomic E-state index is -0.0536. The highest BCUT2D eigenvalue weighted by atomic mass is 32.1. The maximum atomic E-state index is 11.7. The minimum absolute atomic E-state index is 0.0536. The summed E-state index contributed by atoms with van der Waals surface area (Å²) >= 11 is 1.80. The number of thiophene rings is 1. The third kappa shape index (κ3) is 3.72. The van der Waals surface area contributed by atoms with Crippen LogP contribution in [0.5, 0.6) is 0 Å². The zero-order valence-electron chi connectivity index (χ0n) is 14.2. The van der Waals surface area contributed by atoms with Gasteiger partial charge in [0.2, 0.25) is 0 Å². The molecule has 0 radical (unpaired) electrons. The summed E-state index contributed by atoms with van der Waals surface area (Å²) in [7, 11) is 0. The minimum Gasteiger partial charge on any atom is -0.311 e. The third-order valence-electron chi connectivity index (χ3n) is 4.61. The molecule has 1 aliphatic heterocycles. The molecule has 6 nitrogen and oxygen atoms in total. The van der Waals surface area contributed by atoms with Crippen molar-refractivity contribution in [3.63, 3.8) is 0 Å². The summed E-state index contributed by atoms with van der Waals surface area (Å²) < 4.78 is 0. The fraction of sp³-hybridized carbons (Fsp3) is 0.389. The van der Waals surface area contributed by atoms with Crippen LogP contribution in [-0.2, 0) is 6.54 Å². The number of H-pyrrole nitrogens is 2. The molecule has 0 bridgehead atoms. The highest BCUT2D eigenvalue weighted by molar-refractivity contribution is 7.15. The lowest BCUT2D eigenvalue weighted by atomic mass is 9.94. The summed E-state index contributed by atoms with van der Waals surface area (Å²) in [4.78, 5) is 24.0. The number of nitrogens with one attached hydrogen (secondary N) is 2. The number of hydrogen-bond acceptors (Lipinski definition) is 5. The van der Waals surface area contributed by atoms with Crippen LogP contribution in [0.4, 0.5) is 0 Å². The van der Waals surface area contributed by atoms with Crippen molar-refractivity contribution in [1.82, 2.24) is 25.1 Å². The second-order valence-corrected chi connectivity index (χ2v) is 7.73. The lowest BCUT2D eigenvalue weighted by Crippen LogP contribution is -2.34. The first-order valence-electron chi connectivity index (χ1n) is 8.56. The monoisotopic (exact) mass is 355 g/mol. The molecule has 3 aromatic rings. The van der Waals surface area contributed by atoms with Crippen molar-refractivity contribution >= 4 is 11.3 Å². The SMILES string of the molecule is Cc1nc([C@@H]2CCCN(Cc3ccc(-c4ccn[nH]4)s3)C2)cc(=O)[nH]1. The molecular weight excluding hydrogens is 334 g/mol. The van der Waals surface area contributed by atoms with E-state index in [9.17, 15) is 4.79 Å². The number of aromatic nitrogens is 4. The number of aromatic amines is 2. The van der Waals surface area contributed by atoms with Gasteiger partial charge in [-0.15, -0.1) is 11.3 Å². The molecule has 1 atom stereocenters. The van der Waals surface area contributed by atoms with E-state index in [1.165, 1.54) is 9.75 Å². The molecule has 130 valence electrons. The van der Waals surface area contributed by atoms with Gasteiger partial charge in [-0.1, -0.05) is 0 Å². The predicted molar refractivity (Wildman–Crippen MR) is 98.7 cm³/mol. The molecule has 1 aliphatic rings. The Hall–Kier alpha value is -2.25. The zero-order valence-corrected chi connectivity index (χ0v) is 15.0. The largest absolute Gasteiger partial charge is 0.311 e. The second kappa shape index (κ2) is 6.93. The standard InChI is InChI=1S/C18H21N5OS/c1-12-20-16(9-18(24)21-12)13-3-2-8-23(10-13)11-14-4-5-17(25-14)15-6-7-19-22-15/h4-7,9,13H,2-3,8,10-11H2,1H3,(H,19,22)(H,20,21,24)/t13-/m1/s1. The van der Waals surface area contributed by atoms with Gasteiger partial charge < -0.3 is 4.98 Å². The van der Waals surface area contributed by atoms with E-state index in [1.54, 1.807) is 23.6 Å². The maximum absolute atomic E-state index is 11.7. The molecule has 0 spiro atoms. The molecule has 4 rings (SSSR count). The Labute approximate surface area is 149 Å². The number of likely N-dealkylation sites (tertiary alicyclic amines) is 1. The first kappa shape index (κ1) is 16.2. The molecule has 7 heteroatoms. The van der Waals surface area contributed by atoms with Crippen molar-refractivity contribution in [2.75, 3.05) is 13.1 Å². The van der Waals surface area contributed by atoms with Crippen LogP contribution < -0.4 is 5.56 Å². The van der Waals surface area contributed by atoms with Gasteiger partial charge >= 0.3 is 0 Å². The maximum Gasteiger partial charge on any atom is 0.251 e. The Morgan fingerprint density at radius 2 is 2.28 bits per heavy atom. The van der Waals surface area contributed by atoms with Crippen LogP contribution in [0.15, 0.2) is 35.3 Å². The van der Waals surface area contributed by atoms with Gasteiger partial charge in [-0.2, -0.15) is 5.10 Å². The van der Waals surface area contributed by atoms with Crippen LogP contribution in [0.1, 0.15) is 35.2 Å². The van der Waals surface area contributed by atoms with Gasteiger partial charge in [-0.3, -0.25) is 14.8 Å². The molecule has 1 saturated heterocycles. The molecule has 25 heavy (non-hydrogen) atoms.